The molecule has 0 saturated heterocycles. The fourth-order valence-corrected chi connectivity index (χ4v) is 1.85. The van der Waals surface area contributed by atoms with Crippen LogP contribution in [0.1, 0.15) is 32.0 Å². The Morgan fingerprint density at radius 1 is 1.62 bits per heavy atom. The lowest BCUT2D eigenvalue weighted by molar-refractivity contribution is 0.260. The highest BCUT2D eigenvalue weighted by Gasteiger charge is 2.13. The molecule has 0 amide bonds. The third kappa shape index (κ3) is 3.42. The normalized spacial score (nSPS) is 13.5. The zero-order chi connectivity index (χ0) is 9.68. The second-order valence-corrected chi connectivity index (χ2v) is 4.02. The minimum absolute atomic E-state index is 0.191. The number of hydrogen-bond donors (Lipinski definition) is 2. The van der Waals surface area contributed by atoms with Gasteiger partial charge in [0.2, 0.25) is 0 Å². The minimum atomic E-state index is 0.191. The Morgan fingerprint density at radius 2 is 2.38 bits per heavy atom. The predicted octanol–water partition coefficient (Wildman–Crippen LogP) is 1.56. The van der Waals surface area contributed by atoms with Gasteiger partial charge in [0.25, 0.3) is 0 Å². The van der Waals surface area contributed by atoms with Gasteiger partial charge in [0.1, 0.15) is 0 Å². The third-order valence-corrected chi connectivity index (χ3v) is 2.37. The number of aromatic nitrogens is 1. The Morgan fingerprint density at radius 3 is 2.85 bits per heavy atom. The van der Waals surface area contributed by atoms with Crippen LogP contribution >= 0.6 is 11.3 Å². The van der Waals surface area contributed by atoms with Crippen LogP contribution in [0.25, 0.3) is 0 Å². The summed E-state index contributed by atoms with van der Waals surface area (Å²) in [6.45, 7) is 4.38. The lowest BCUT2D eigenvalue weighted by Crippen LogP contribution is -2.29. The third-order valence-electron chi connectivity index (χ3n) is 1.76. The minimum Gasteiger partial charge on any atom is -0.396 e. The molecule has 74 valence electrons. The first kappa shape index (κ1) is 10.6. The monoisotopic (exact) mass is 200 g/mol. The zero-order valence-corrected chi connectivity index (χ0v) is 8.84. The fraction of sp³-hybridized carbons (Fsp3) is 0.667. The maximum Gasteiger partial charge on any atom is 0.0795 e. The maximum absolute atomic E-state index is 8.88. The van der Waals surface area contributed by atoms with Crippen LogP contribution in [-0.2, 0) is 0 Å². The maximum atomic E-state index is 8.88. The summed E-state index contributed by atoms with van der Waals surface area (Å²) < 4.78 is 0. The Balaban J connectivity index is 2.57. The number of rotatable bonds is 5. The average Bonchev–Trinajstić information content (AvgIpc) is 2.54. The molecule has 1 unspecified atom stereocenters. The van der Waals surface area contributed by atoms with Crippen LogP contribution in [0, 0.1) is 0 Å². The number of nitrogens with zero attached hydrogens (tertiary/aromatic N) is 1. The quantitative estimate of drug-likeness (QED) is 0.758. The van der Waals surface area contributed by atoms with E-state index in [1.807, 2.05) is 10.9 Å². The largest absolute Gasteiger partial charge is 0.396 e. The molecule has 0 bridgehead atoms. The summed E-state index contributed by atoms with van der Waals surface area (Å²) in [6, 6.07) is 0.606. The molecule has 4 heteroatoms. The molecule has 0 aliphatic carbocycles. The van der Waals surface area contributed by atoms with Crippen molar-refractivity contribution < 1.29 is 5.11 Å². The number of nitrogens with one attached hydrogen (secondary N) is 1. The molecule has 1 aromatic heterocycles. The van der Waals surface area contributed by atoms with E-state index in [-0.39, 0.29) is 12.6 Å². The van der Waals surface area contributed by atoms with Crippen molar-refractivity contribution in [3.63, 3.8) is 0 Å². The van der Waals surface area contributed by atoms with Crippen molar-refractivity contribution in [3.8, 4) is 0 Å². The van der Waals surface area contributed by atoms with Gasteiger partial charge in [0, 0.05) is 18.0 Å². The molecular formula is C9H16N2OS. The molecule has 0 aliphatic heterocycles. The number of aliphatic hydroxyl groups excluding tert-OH is 1. The zero-order valence-electron chi connectivity index (χ0n) is 8.03. The van der Waals surface area contributed by atoms with Gasteiger partial charge < -0.3 is 10.4 Å². The SMILES string of the molecule is CC(C)NC(CCO)c1cscn1. The van der Waals surface area contributed by atoms with Crippen LogP contribution in [0.15, 0.2) is 10.9 Å². The fourth-order valence-electron chi connectivity index (χ4n) is 1.24. The van der Waals surface area contributed by atoms with Crippen molar-refractivity contribution in [3.05, 3.63) is 16.6 Å². The molecular weight excluding hydrogens is 184 g/mol. The van der Waals surface area contributed by atoms with Crippen LogP contribution in [0.4, 0.5) is 0 Å². The van der Waals surface area contributed by atoms with Crippen LogP contribution in [0.5, 0.6) is 0 Å². The highest BCUT2D eigenvalue weighted by molar-refractivity contribution is 7.07. The van der Waals surface area contributed by atoms with E-state index in [0.717, 1.165) is 12.1 Å². The molecule has 0 saturated carbocycles. The number of aliphatic hydroxyl groups is 1. The molecule has 13 heavy (non-hydrogen) atoms. The van der Waals surface area contributed by atoms with Gasteiger partial charge in [-0.15, -0.1) is 11.3 Å². The van der Waals surface area contributed by atoms with E-state index >= 15 is 0 Å². The van der Waals surface area contributed by atoms with E-state index in [2.05, 4.69) is 24.1 Å². The topological polar surface area (TPSA) is 45.1 Å². The highest BCUT2D eigenvalue weighted by atomic mass is 32.1. The average molecular weight is 200 g/mol. The Labute approximate surface area is 82.8 Å². The van der Waals surface area contributed by atoms with Gasteiger partial charge in [0.05, 0.1) is 17.2 Å². The van der Waals surface area contributed by atoms with Crippen LogP contribution in [0.2, 0.25) is 0 Å². The lowest BCUT2D eigenvalue weighted by Gasteiger charge is -2.18. The predicted molar refractivity (Wildman–Crippen MR) is 54.8 cm³/mol. The summed E-state index contributed by atoms with van der Waals surface area (Å²) in [7, 11) is 0. The van der Waals surface area contributed by atoms with Crippen molar-refractivity contribution in [2.24, 2.45) is 0 Å². The molecule has 0 radical (unpaired) electrons. The van der Waals surface area contributed by atoms with Gasteiger partial charge in [-0.25, -0.2) is 4.98 Å². The van der Waals surface area contributed by atoms with Gasteiger partial charge in [-0.1, -0.05) is 13.8 Å². The summed E-state index contributed by atoms with van der Waals surface area (Å²) in [4.78, 5) is 4.23. The summed E-state index contributed by atoms with van der Waals surface area (Å²) >= 11 is 1.59. The molecule has 3 nitrogen and oxygen atoms in total. The van der Waals surface area contributed by atoms with Gasteiger partial charge in [-0.2, -0.15) is 0 Å². The van der Waals surface area contributed by atoms with Crippen LogP contribution in [0.3, 0.4) is 0 Å². The van der Waals surface area contributed by atoms with Gasteiger partial charge >= 0.3 is 0 Å². The first-order valence-corrected chi connectivity index (χ1v) is 5.43. The van der Waals surface area contributed by atoms with Gasteiger partial charge in [-0.05, 0) is 6.42 Å². The standard InChI is InChI=1S/C9H16N2OS/c1-7(2)11-8(3-4-12)9-5-13-6-10-9/h5-8,11-12H,3-4H2,1-2H3. The van der Waals surface area contributed by atoms with E-state index in [1.54, 1.807) is 11.3 Å². The highest BCUT2D eigenvalue weighted by Crippen LogP contribution is 2.16. The Kier molecular flexibility index (Phi) is 4.35. The summed E-state index contributed by atoms with van der Waals surface area (Å²) in [5, 5.41) is 14.3. The van der Waals surface area contributed by atoms with Crippen molar-refractivity contribution in [1.29, 1.82) is 0 Å². The molecule has 0 aromatic carbocycles. The Hall–Kier alpha value is -0.450. The molecule has 1 heterocycles. The van der Waals surface area contributed by atoms with E-state index < -0.39 is 0 Å². The molecule has 1 aromatic rings. The van der Waals surface area contributed by atoms with Crippen molar-refractivity contribution in [2.75, 3.05) is 6.61 Å². The van der Waals surface area contributed by atoms with Crippen LogP contribution < -0.4 is 5.32 Å². The smallest absolute Gasteiger partial charge is 0.0795 e. The molecule has 1 atom stereocenters. The van der Waals surface area contributed by atoms with E-state index in [9.17, 15) is 0 Å². The van der Waals surface area contributed by atoms with Crippen molar-refractivity contribution >= 4 is 11.3 Å². The van der Waals surface area contributed by atoms with E-state index in [1.165, 1.54) is 0 Å². The molecule has 0 fully saturated rings. The van der Waals surface area contributed by atoms with Crippen molar-refractivity contribution in [2.45, 2.75) is 32.4 Å². The summed E-state index contributed by atoms with van der Waals surface area (Å²) in [5.74, 6) is 0. The first-order chi connectivity index (χ1) is 6.24. The first-order valence-electron chi connectivity index (χ1n) is 4.49. The number of thiazole rings is 1. The van der Waals surface area contributed by atoms with Crippen LogP contribution in [-0.4, -0.2) is 22.7 Å². The Bertz CT molecular complexity index is 224. The molecule has 2 N–H and O–H groups in total. The van der Waals surface area contributed by atoms with E-state index in [0.29, 0.717) is 6.04 Å². The van der Waals surface area contributed by atoms with Gasteiger partial charge in [0.15, 0.2) is 0 Å². The lowest BCUT2D eigenvalue weighted by atomic mass is 10.1. The second-order valence-electron chi connectivity index (χ2n) is 3.30. The second kappa shape index (κ2) is 5.32. The molecule has 1 rings (SSSR count). The van der Waals surface area contributed by atoms with E-state index in [4.69, 9.17) is 5.11 Å². The number of hydrogen-bond acceptors (Lipinski definition) is 4. The molecule has 0 spiro atoms. The summed E-state index contributed by atoms with van der Waals surface area (Å²) in [5.41, 5.74) is 2.86. The van der Waals surface area contributed by atoms with Gasteiger partial charge in [-0.3, -0.25) is 0 Å². The van der Waals surface area contributed by atoms with Crippen molar-refractivity contribution in [1.82, 2.24) is 10.3 Å². The molecule has 0 aliphatic rings. The summed E-state index contributed by atoms with van der Waals surface area (Å²) in [6.07, 6.45) is 0.724.